The molecule has 1 aliphatic heterocycles. The number of halogens is 1. The minimum absolute atomic E-state index is 0.192. The van der Waals surface area contributed by atoms with Crippen LogP contribution in [0.15, 0.2) is 0 Å². The molecular weight excluding hydrogens is 138 g/mol. The Bertz CT molecular complexity index is 126. The lowest BCUT2D eigenvalue weighted by Crippen LogP contribution is -2.29. The van der Waals surface area contributed by atoms with Gasteiger partial charge >= 0.3 is 0 Å². The summed E-state index contributed by atoms with van der Waals surface area (Å²) in [5.74, 6) is 0.192. The van der Waals surface area contributed by atoms with E-state index < -0.39 is 0 Å². The molecular formula is C6H10ClNO. The van der Waals surface area contributed by atoms with E-state index in [1.165, 1.54) is 0 Å². The number of rotatable bonds is 1. The Hall–Kier alpha value is -0.240. The van der Waals surface area contributed by atoms with Gasteiger partial charge in [-0.05, 0) is 13.3 Å². The third kappa shape index (κ3) is 1.18. The molecule has 0 aromatic heterocycles. The van der Waals surface area contributed by atoms with E-state index in [1.807, 2.05) is 6.92 Å². The van der Waals surface area contributed by atoms with Crippen LogP contribution in [0.5, 0.6) is 0 Å². The summed E-state index contributed by atoms with van der Waals surface area (Å²) in [6.07, 6.45) is 1.64. The summed E-state index contributed by atoms with van der Waals surface area (Å²) >= 11 is 5.50. The maximum Gasteiger partial charge on any atom is 0.223 e. The lowest BCUT2D eigenvalue weighted by molar-refractivity contribution is -0.127. The van der Waals surface area contributed by atoms with Gasteiger partial charge in [-0.15, -0.1) is 11.6 Å². The van der Waals surface area contributed by atoms with Crippen molar-refractivity contribution in [3.63, 3.8) is 0 Å². The van der Waals surface area contributed by atoms with E-state index in [-0.39, 0.29) is 5.91 Å². The topological polar surface area (TPSA) is 20.3 Å². The van der Waals surface area contributed by atoms with E-state index in [2.05, 4.69) is 0 Å². The van der Waals surface area contributed by atoms with Gasteiger partial charge in [0.05, 0.1) is 6.00 Å². The summed E-state index contributed by atoms with van der Waals surface area (Å²) in [6.45, 7) is 2.02. The van der Waals surface area contributed by atoms with Crippen molar-refractivity contribution in [3.05, 3.63) is 0 Å². The summed E-state index contributed by atoms with van der Waals surface area (Å²) in [5.41, 5.74) is 0. The number of likely N-dealkylation sites (tertiary alicyclic amines) is 1. The minimum Gasteiger partial charge on any atom is -0.326 e. The standard InChI is InChI=1S/C6H10ClNO/c1-5-2-3-6(9)8(5)4-7/h5H,2-4H2,1H3. The maximum absolute atomic E-state index is 10.9. The highest BCUT2D eigenvalue weighted by Crippen LogP contribution is 2.17. The molecule has 0 aromatic carbocycles. The van der Waals surface area contributed by atoms with Gasteiger partial charge in [-0.3, -0.25) is 4.79 Å². The lowest BCUT2D eigenvalue weighted by atomic mass is 10.2. The molecule has 0 N–H and O–H groups in total. The van der Waals surface area contributed by atoms with Crippen molar-refractivity contribution in [1.82, 2.24) is 4.90 Å². The zero-order valence-corrected chi connectivity index (χ0v) is 6.19. The molecule has 52 valence electrons. The summed E-state index contributed by atoms with van der Waals surface area (Å²) < 4.78 is 0. The molecule has 0 saturated carbocycles. The fraction of sp³-hybridized carbons (Fsp3) is 0.833. The van der Waals surface area contributed by atoms with Crippen molar-refractivity contribution in [1.29, 1.82) is 0 Å². The third-order valence-electron chi connectivity index (χ3n) is 1.76. The van der Waals surface area contributed by atoms with Crippen molar-refractivity contribution < 1.29 is 4.79 Å². The third-order valence-corrected chi connectivity index (χ3v) is 2.01. The van der Waals surface area contributed by atoms with Crippen molar-refractivity contribution in [2.75, 3.05) is 6.00 Å². The molecule has 1 unspecified atom stereocenters. The summed E-state index contributed by atoms with van der Waals surface area (Å²) in [5, 5.41) is 0. The zero-order valence-electron chi connectivity index (χ0n) is 5.43. The molecule has 1 atom stereocenters. The SMILES string of the molecule is CC1CCC(=O)N1CCl. The number of nitrogens with zero attached hydrogens (tertiary/aromatic N) is 1. The van der Waals surface area contributed by atoms with Crippen LogP contribution >= 0.6 is 11.6 Å². The number of carbonyl (C=O) groups excluding carboxylic acids is 1. The van der Waals surface area contributed by atoms with Crippen molar-refractivity contribution >= 4 is 17.5 Å². The highest BCUT2D eigenvalue weighted by Gasteiger charge is 2.25. The first-order valence-corrected chi connectivity index (χ1v) is 3.64. The van der Waals surface area contributed by atoms with Crippen LogP contribution in [0.3, 0.4) is 0 Å². The highest BCUT2D eigenvalue weighted by atomic mass is 35.5. The van der Waals surface area contributed by atoms with Crippen LogP contribution in [0.1, 0.15) is 19.8 Å². The molecule has 1 rings (SSSR count). The molecule has 1 saturated heterocycles. The molecule has 3 heteroatoms. The smallest absolute Gasteiger partial charge is 0.223 e. The maximum atomic E-state index is 10.9. The van der Waals surface area contributed by atoms with Gasteiger partial charge in [-0.25, -0.2) is 0 Å². The van der Waals surface area contributed by atoms with Crippen LogP contribution < -0.4 is 0 Å². The molecule has 1 amide bonds. The highest BCUT2D eigenvalue weighted by molar-refractivity contribution is 6.18. The zero-order chi connectivity index (χ0) is 6.85. The van der Waals surface area contributed by atoms with Gasteiger partial charge in [0.25, 0.3) is 0 Å². The van der Waals surface area contributed by atoms with Crippen molar-refractivity contribution in [2.24, 2.45) is 0 Å². The average Bonchev–Trinajstić information content (AvgIpc) is 2.12. The second-order valence-corrected chi connectivity index (χ2v) is 2.61. The van der Waals surface area contributed by atoms with Crippen molar-refractivity contribution in [2.45, 2.75) is 25.8 Å². The quantitative estimate of drug-likeness (QED) is 0.403. The number of alkyl halides is 1. The van der Waals surface area contributed by atoms with Crippen molar-refractivity contribution in [3.8, 4) is 0 Å². The van der Waals surface area contributed by atoms with Gasteiger partial charge in [-0.2, -0.15) is 0 Å². The van der Waals surface area contributed by atoms with Gasteiger partial charge in [0.1, 0.15) is 0 Å². The van der Waals surface area contributed by atoms with E-state index in [0.29, 0.717) is 18.5 Å². The summed E-state index contributed by atoms with van der Waals surface area (Å²) in [6, 6.07) is 0.704. The normalized spacial score (nSPS) is 27.6. The number of carbonyl (C=O) groups is 1. The molecule has 0 radical (unpaired) electrons. The molecule has 0 aromatic rings. The molecule has 0 aliphatic carbocycles. The van der Waals surface area contributed by atoms with Crippen LogP contribution in [-0.2, 0) is 4.79 Å². The van der Waals surface area contributed by atoms with Crippen LogP contribution in [0, 0.1) is 0 Å². The molecule has 1 aliphatic rings. The van der Waals surface area contributed by atoms with Gasteiger partial charge in [0, 0.05) is 12.5 Å². The molecule has 9 heavy (non-hydrogen) atoms. The first kappa shape index (κ1) is 6.87. The van der Waals surface area contributed by atoms with E-state index in [0.717, 1.165) is 6.42 Å². The molecule has 1 heterocycles. The Labute approximate surface area is 59.8 Å². The van der Waals surface area contributed by atoms with Gasteiger partial charge in [-0.1, -0.05) is 0 Å². The second-order valence-electron chi connectivity index (χ2n) is 2.37. The lowest BCUT2D eigenvalue weighted by Gasteiger charge is -2.16. The van der Waals surface area contributed by atoms with E-state index >= 15 is 0 Å². The van der Waals surface area contributed by atoms with Gasteiger partial charge in [0.15, 0.2) is 0 Å². The Morgan fingerprint density at radius 2 is 2.56 bits per heavy atom. The Kier molecular flexibility index (Phi) is 1.96. The number of hydrogen-bond donors (Lipinski definition) is 0. The fourth-order valence-electron chi connectivity index (χ4n) is 1.06. The van der Waals surface area contributed by atoms with Crippen LogP contribution in [-0.4, -0.2) is 22.9 Å². The Morgan fingerprint density at radius 1 is 1.89 bits per heavy atom. The molecule has 1 fully saturated rings. The summed E-state index contributed by atoms with van der Waals surface area (Å²) in [4.78, 5) is 12.6. The Morgan fingerprint density at radius 3 is 2.78 bits per heavy atom. The first-order chi connectivity index (χ1) is 4.25. The van der Waals surface area contributed by atoms with Crippen LogP contribution in [0.25, 0.3) is 0 Å². The van der Waals surface area contributed by atoms with E-state index in [1.54, 1.807) is 4.90 Å². The van der Waals surface area contributed by atoms with Crippen LogP contribution in [0.4, 0.5) is 0 Å². The predicted octanol–water partition coefficient (Wildman–Crippen LogP) is 1.19. The molecule has 0 spiro atoms. The van der Waals surface area contributed by atoms with Gasteiger partial charge in [0.2, 0.25) is 5.91 Å². The fourth-order valence-corrected chi connectivity index (χ4v) is 1.43. The second kappa shape index (κ2) is 2.56. The molecule has 0 bridgehead atoms. The number of hydrogen-bond acceptors (Lipinski definition) is 1. The minimum atomic E-state index is 0.192. The first-order valence-electron chi connectivity index (χ1n) is 3.11. The largest absolute Gasteiger partial charge is 0.326 e. The van der Waals surface area contributed by atoms with E-state index in [4.69, 9.17) is 11.6 Å². The van der Waals surface area contributed by atoms with E-state index in [9.17, 15) is 4.79 Å². The Balaban J connectivity index is 2.55. The number of amides is 1. The summed E-state index contributed by atoms with van der Waals surface area (Å²) in [7, 11) is 0. The van der Waals surface area contributed by atoms with Crippen LogP contribution in [0.2, 0.25) is 0 Å². The average molecular weight is 148 g/mol. The molecule has 2 nitrogen and oxygen atoms in total. The van der Waals surface area contributed by atoms with Gasteiger partial charge < -0.3 is 4.90 Å². The monoisotopic (exact) mass is 147 g/mol. The predicted molar refractivity (Wildman–Crippen MR) is 36.3 cm³/mol.